The molecule has 0 saturated carbocycles. The van der Waals surface area contributed by atoms with Crippen LogP contribution in [0.3, 0.4) is 0 Å². The number of para-hydroxylation sites is 1. The Hall–Kier alpha value is -2.28. The summed E-state index contributed by atoms with van der Waals surface area (Å²) in [4.78, 5) is 23.4. The summed E-state index contributed by atoms with van der Waals surface area (Å²) in [6.07, 6.45) is 1.75. The maximum Gasteiger partial charge on any atom is 0.286 e. The Morgan fingerprint density at radius 2 is 1.95 bits per heavy atom. The number of carbonyl (C=O) groups is 2. The Labute approximate surface area is 130 Å². The second-order valence-corrected chi connectivity index (χ2v) is 5.17. The van der Waals surface area contributed by atoms with E-state index in [2.05, 4.69) is 26.8 Å². The van der Waals surface area contributed by atoms with Gasteiger partial charge in [-0.2, -0.15) is 0 Å². The van der Waals surface area contributed by atoms with Gasteiger partial charge in [-0.1, -0.05) is 18.2 Å². The predicted molar refractivity (Wildman–Crippen MR) is 80.7 cm³/mol. The largest absolute Gasteiger partial charge is 0.484 e. The van der Waals surface area contributed by atoms with Crippen molar-refractivity contribution in [2.24, 2.45) is 7.05 Å². The Balaban J connectivity index is 1.79. The molecule has 0 fully saturated rings. The zero-order valence-corrected chi connectivity index (χ0v) is 12.9. The van der Waals surface area contributed by atoms with Crippen molar-refractivity contribution in [3.05, 3.63) is 52.8 Å². The van der Waals surface area contributed by atoms with Gasteiger partial charge < -0.3 is 9.30 Å². The summed E-state index contributed by atoms with van der Waals surface area (Å²) in [5.74, 6) is -0.262. The minimum absolute atomic E-state index is 0.179. The van der Waals surface area contributed by atoms with Crippen LogP contribution < -0.4 is 15.6 Å². The van der Waals surface area contributed by atoms with E-state index in [1.165, 1.54) is 0 Å². The van der Waals surface area contributed by atoms with Crippen molar-refractivity contribution in [2.75, 3.05) is 6.61 Å². The normalized spacial score (nSPS) is 10.0. The van der Waals surface area contributed by atoms with Gasteiger partial charge in [-0.05, 0) is 34.1 Å². The lowest BCUT2D eigenvalue weighted by molar-refractivity contribution is -0.123. The molecule has 0 saturated heterocycles. The van der Waals surface area contributed by atoms with Gasteiger partial charge in [-0.25, -0.2) is 0 Å². The number of hydrogen-bond donors (Lipinski definition) is 2. The van der Waals surface area contributed by atoms with E-state index in [4.69, 9.17) is 4.74 Å². The van der Waals surface area contributed by atoms with Gasteiger partial charge in [-0.3, -0.25) is 20.4 Å². The summed E-state index contributed by atoms with van der Waals surface area (Å²) in [7, 11) is 1.74. The summed E-state index contributed by atoms with van der Waals surface area (Å²) < 4.78 is 7.69. The van der Waals surface area contributed by atoms with E-state index in [0.717, 1.165) is 4.47 Å². The molecule has 0 aliphatic heterocycles. The molecular weight excluding hydrogens is 338 g/mol. The number of aromatic nitrogens is 1. The molecule has 0 aliphatic carbocycles. The van der Waals surface area contributed by atoms with Crippen LogP contribution in [-0.4, -0.2) is 23.0 Å². The molecule has 0 spiro atoms. The number of benzene rings is 1. The molecule has 2 rings (SSSR count). The molecule has 0 aliphatic rings. The highest BCUT2D eigenvalue weighted by atomic mass is 79.9. The van der Waals surface area contributed by atoms with E-state index in [-0.39, 0.29) is 6.61 Å². The van der Waals surface area contributed by atoms with Gasteiger partial charge >= 0.3 is 0 Å². The lowest BCUT2D eigenvalue weighted by Crippen LogP contribution is -2.44. The lowest BCUT2D eigenvalue weighted by atomic mass is 10.3. The van der Waals surface area contributed by atoms with Crippen LogP contribution in [0.4, 0.5) is 0 Å². The van der Waals surface area contributed by atoms with Gasteiger partial charge in [0.2, 0.25) is 0 Å². The fourth-order valence-electron chi connectivity index (χ4n) is 1.64. The summed E-state index contributed by atoms with van der Waals surface area (Å²) in [5, 5.41) is 0. The minimum atomic E-state index is -0.444. The molecule has 21 heavy (non-hydrogen) atoms. The van der Waals surface area contributed by atoms with Crippen LogP contribution in [0.1, 0.15) is 10.5 Å². The Morgan fingerprint density at radius 1 is 1.24 bits per heavy atom. The van der Waals surface area contributed by atoms with Crippen molar-refractivity contribution in [1.82, 2.24) is 15.4 Å². The van der Waals surface area contributed by atoms with Crippen LogP contribution in [0.2, 0.25) is 0 Å². The van der Waals surface area contributed by atoms with Crippen molar-refractivity contribution < 1.29 is 14.3 Å². The van der Waals surface area contributed by atoms with Crippen molar-refractivity contribution in [3.8, 4) is 5.75 Å². The van der Waals surface area contributed by atoms with Gasteiger partial charge in [0.25, 0.3) is 11.8 Å². The number of aryl methyl sites for hydroxylation is 1. The maximum atomic E-state index is 11.8. The molecule has 0 atom stereocenters. The molecule has 1 aromatic heterocycles. The van der Waals surface area contributed by atoms with Gasteiger partial charge in [0.15, 0.2) is 6.61 Å². The molecule has 6 nitrogen and oxygen atoms in total. The van der Waals surface area contributed by atoms with Gasteiger partial charge in [0.1, 0.15) is 11.4 Å². The molecule has 110 valence electrons. The van der Waals surface area contributed by atoms with Crippen molar-refractivity contribution in [2.45, 2.75) is 0 Å². The molecule has 0 unspecified atom stereocenters. The van der Waals surface area contributed by atoms with Crippen LogP contribution >= 0.6 is 15.9 Å². The number of nitrogens with one attached hydrogen (secondary N) is 2. The molecule has 0 radical (unpaired) electrons. The molecule has 7 heteroatoms. The Bertz CT molecular complexity index is 640. The van der Waals surface area contributed by atoms with Crippen molar-refractivity contribution >= 4 is 27.7 Å². The first-order valence-corrected chi connectivity index (χ1v) is 6.94. The number of nitrogens with zero attached hydrogens (tertiary/aromatic N) is 1. The van der Waals surface area contributed by atoms with Crippen molar-refractivity contribution in [3.63, 3.8) is 0 Å². The second kappa shape index (κ2) is 6.94. The number of hydrazine groups is 1. The molecule has 2 amide bonds. The minimum Gasteiger partial charge on any atom is -0.484 e. The Morgan fingerprint density at radius 3 is 2.57 bits per heavy atom. The standard InChI is InChI=1S/C14H14BrN3O3/c1-18-8-10(15)7-12(18)14(20)17-16-13(19)9-21-11-5-3-2-4-6-11/h2-8H,9H2,1H3,(H,16,19)(H,17,20). The number of carbonyl (C=O) groups excluding carboxylic acids is 2. The van der Waals surface area contributed by atoms with E-state index in [1.54, 1.807) is 36.0 Å². The Kier molecular flexibility index (Phi) is 4.99. The van der Waals surface area contributed by atoms with Crippen LogP contribution in [0, 0.1) is 0 Å². The van der Waals surface area contributed by atoms with Gasteiger partial charge in [-0.15, -0.1) is 0 Å². The first-order valence-electron chi connectivity index (χ1n) is 6.15. The molecule has 2 aromatic rings. The third kappa shape index (κ3) is 4.35. The molecule has 1 heterocycles. The van der Waals surface area contributed by atoms with Crippen molar-refractivity contribution in [1.29, 1.82) is 0 Å². The average molecular weight is 352 g/mol. The smallest absolute Gasteiger partial charge is 0.286 e. The highest BCUT2D eigenvalue weighted by molar-refractivity contribution is 9.10. The molecular formula is C14H14BrN3O3. The van der Waals surface area contributed by atoms with E-state index in [1.807, 2.05) is 18.2 Å². The fraction of sp³-hybridized carbons (Fsp3) is 0.143. The summed E-state index contributed by atoms with van der Waals surface area (Å²) in [6, 6.07) is 10.6. The second-order valence-electron chi connectivity index (χ2n) is 4.26. The molecule has 2 N–H and O–H groups in total. The zero-order valence-electron chi connectivity index (χ0n) is 11.3. The van der Waals surface area contributed by atoms with Crippen LogP contribution in [0.25, 0.3) is 0 Å². The summed E-state index contributed by atoms with van der Waals surface area (Å²) in [6.45, 7) is -0.179. The third-order valence-electron chi connectivity index (χ3n) is 2.63. The monoisotopic (exact) mass is 351 g/mol. The SMILES string of the molecule is Cn1cc(Br)cc1C(=O)NNC(=O)COc1ccccc1. The van der Waals surface area contributed by atoms with E-state index >= 15 is 0 Å². The van der Waals surface area contributed by atoms with E-state index < -0.39 is 11.8 Å². The lowest BCUT2D eigenvalue weighted by Gasteiger charge is -2.09. The van der Waals surface area contributed by atoms with Crippen LogP contribution in [-0.2, 0) is 11.8 Å². The number of halogens is 1. The van der Waals surface area contributed by atoms with E-state index in [9.17, 15) is 9.59 Å². The average Bonchev–Trinajstić information content (AvgIpc) is 2.82. The first kappa shape index (κ1) is 15.1. The molecule has 1 aromatic carbocycles. The quantitative estimate of drug-likeness (QED) is 0.822. The summed E-state index contributed by atoms with van der Waals surface area (Å²) in [5.41, 5.74) is 5.05. The molecule has 0 bridgehead atoms. The number of ether oxygens (including phenoxy) is 1. The van der Waals surface area contributed by atoms with E-state index in [0.29, 0.717) is 11.4 Å². The van der Waals surface area contributed by atoms with Crippen LogP contribution in [0.15, 0.2) is 47.1 Å². The zero-order chi connectivity index (χ0) is 15.2. The highest BCUT2D eigenvalue weighted by Crippen LogP contribution is 2.13. The highest BCUT2D eigenvalue weighted by Gasteiger charge is 2.12. The first-order chi connectivity index (χ1) is 10.1. The van der Waals surface area contributed by atoms with Gasteiger partial charge in [0.05, 0.1) is 0 Å². The topological polar surface area (TPSA) is 72.4 Å². The maximum absolute atomic E-state index is 11.8. The van der Waals surface area contributed by atoms with Gasteiger partial charge in [0, 0.05) is 17.7 Å². The fourth-order valence-corrected chi connectivity index (χ4v) is 2.17. The summed E-state index contributed by atoms with van der Waals surface area (Å²) >= 11 is 3.27. The van der Waals surface area contributed by atoms with Crippen LogP contribution in [0.5, 0.6) is 5.75 Å². The number of rotatable bonds is 4. The number of amides is 2. The number of hydrogen-bond acceptors (Lipinski definition) is 3. The predicted octanol–water partition coefficient (Wildman–Crippen LogP) is 1.63. The third-order valence-corrected chi connectivity index (χ3v) is 3.07.